The lowest BCUT2D eigenvalue weighted by molar-refractivity contribution is 1.30. The Kier molecular flexibility index (Phi) is 6.62. The summed E-state index contributed by atoms with van der Waals surface area (Å²) in [6.07, 6.45) is 0. The van der Waals surface area contributed by atoms with E-state index in [2.05, 4.69) is 205 Å². The zero-order chi connectivity index (χ0) is 34.9. The normalized spacial score (nSPS) is 11.8. The van der Waals surface area contributed by atoms with E-state index in [1.807, 2.05) is 0 Å². The van der Waals surface area contributed by atoms with Crippen LogP contribution in [0.3, 0.4) is 0 Å². The molecule has 1 heteroatoms. The molecular weight excluding hydrogens is 639 g/mol. The van der Waals surface area contributed by atoms with Gasteiger partial charge in [0.2, 0.25) is 0 Å². The second-order valence-electron chi connectivity index (χ2n) is 14.0. The van der Waals surface area contributed by atoms with Crippen LogP contribution >= 0.6 is 0 Å². The standard InChI is InChI=1S/C52H33N/c1-5-17-34(18-6-1)49-39-26-13-14-27-40(39)50(35-19-7-2-8-20-35)47-33-45-42-29-16-30-43-48(53(37-22-9-3-10-23-37)38-24-11-4-12-25-38)31-36-21-15-28-41(51(36)52(42)43)44(45)32-46(47)49/h1-33H. The second-order valence-corrected chi connectivity index (χ2v) is 14.0. The van der Waals surface area contributed by atoms with Gasteiger partial charge in [0.05, 0.1) is 5.69 Å². The fraction of sp³-hybridized carbons (Fsp3) is 0. The third-order valence-electron chi connectivity index (χ3n) is 11.1. The molecule has 0 radical (unpaired) electrons. The average Bonchev–Trinajstić information content (AvgIpc) is 3.23. The van der Waals surface area contributed by atoms with E-state index in [4.69, 9.17) is 0 Å². The molecule has 0 aliphatic carbocycles. The van der Waals surface area contributed by atoms with Gasteiger partial charge in [0, 0.05) is 22.1 Å². The summed E-state index contributed by atoms with van der Waals surface area (Å²) in [5, 5.41) is 15.3. The van der Waals surface area contributed by atoms with Crippen molar-refractivity contribution in [1.29, 1.82) is 0 Å². The van der Waals surface area contributed by atoms with Crippen LogP contribution in [-0.4, -0.2) is 0 Å². The first-order valence-electron chi connectivity index (χ1n) is 18.4. The second kappa shape index (κ2) is 11.8. The summed E-state index contributed by atoms with van der Waals surface area (Å²) in [6.45, 7) is 0. The lowest BCUT2D eigenvalue weighted by Crippen LogP contribution is -2.10. The van der Waals surface area contributed by atoms with Gasteiger partial charge >= 0.3 is 0 Å². The molecule has 11 aromatic rings. The molecule has 0 aromatic heterocycles. The topological polar surface area (TPSA) is 3.24 Å². The number of rotatable bonds is 5. The van der Waals surface area contributed by atoms with E-state index >= 15 is 0 Å². The SMILES string of the molecule is c1ccc(-c2c3ccccc3c(-c3ccccc3)c3cc4c(cc23)c2cccc3cc(N(c5ccccc5)c5ccccc5)c5cccc4c5c32)cc1. The minimum Gasteiger partial charge on any atom is -0.310 e. The van der Waals surface area contributed by atoms with E-state index in [1.165, 1.54) is 92.6 Å². The maximum atomic E-state index is 2.50. The van der Waals surface area contributed by atoms with Crippen molar-refractivity contribution >= 4 is 81.7 Å². The smallest absolute Gasteiger partial charge is 0.0546 e. The Morgan fingerprint density at radius 3 is 1.21 bits per heavy atom. The monoisotopic (exact) mass is 671 g/mol. The maximum Gasteiger partial charge on any atom is 0.0546 e. The summed E-state index contributed by atoms with van der Waals surface area (Å²) in [6, 6.07) is 73.5. The number of fused-ring (bicyclic) bond motifs is 5. The molecule has 0 unspecified atom stereocenters. The van der Waals surface area contributed by atoms with Crippen LogP contribution in [0, 0.1) is 0 Å². The third kappa shape index (κ3) is 4.51. The van der Waals surface area contributed by atoms with Gasteiger partial charge in [0.1, 0.15) is 0 Å². The zero-order valence-electron chi connectivity index (χ0n) is 29.0. The fourth-order valence-corrected chi connectivity index (χ4v) is 8.94. The van der Waals surface area contributed by atoms with Crippen LogP contribution in [0.4, 0.5) is 17.1 Å². The highest BCUT2D eigenvalue weighted by molar-refractivity contribution is 6.37. The van der Waals surface area contributed by atoms with E-state index in [0.29, 0.717) is 0 Å². The molecule has 0 aliphatic heterocycles. The highest BCUT2D eigenvalue weighted by atomic mass is 15.1. The minimum absolute atomic E-state index is 1.14. The molecule has 53 heavy (non-hydrogen) atoms. The van der Waals surface area contributed by atoms with Crippen molar-refractivity contribution in [3.63, 3.8) is 0 Å². The van der Waals surface area contributed by atoms with Crippen molar-refractivity contribution in [2.24, 2.45) is 0 Å². The molecule has 0 saturated carbocycles. The van der Waals surface area contributed by atoms with Crippen LogP contribution in [0.5, 0.6) is 0 Å². The highest BCUT2D eigenvalue weighted by Gasteiger charge is 2.23. The van der Waals surface area contributed by atoms with Gasteiger partial charge in [-0.1, -0.05) is 158 Å². The van der Waals surface area contributed by atoms with E-state index in [0.717, 1.165) is 11.4 Å². The Morgan fingerprint density at radius 1 is 0.264 bits per heavy atom. The summed E-state index contributed by atoms with van der Waals surface area (Å²) in [5.41, 5.74) is 8.48. The van der Waals surface area contributed by atoms with Crippen LogP contribution in [-0.2, 0) is 0 Å². The molecule has 0 amide bonds. The number of para-hydroxylation sites is 2. The van der Waals surface area contributed by atoms with E-state index in [1.54, 1.807) is 0 Å². The summed E-state index contributed by atoms with van der Waals surface area (Å²) in [4.78, 5) is 2.41. The molecule has 0 saturated heterocycles. The Bertz CT molecular complexity index is 3090. The van der Waals surface area contributed by atoms with Crippen LogP contribution < -0.4 is 4.90 Å². The molecule has 0 N–H and O–H groups in total. The van der Waals surface area contributed by atoms with Gasteiger partial charge < -0.3 is 4.90 Å². The van der Waals surface area contributed by atoms with E-state index in [9.17, 15) is 0 Å². The van der Waals surface area contributed by atoms with E-state index in [-0.39, 0.29) is 0 Å². The quantitative estimate of drug-likeness (QED) is 0.130. The molecular formula is C52H33N. The van der Waals surface area contributed by atoms with Gasteiger partial charge in [-0.15, -0.1) is 0 Å². The van der Waals surface area contributed by atoms with Gasteiger partial charge in [-0.25, -0.2) is 0 Å². The maximum absolute atomic E-state index is 2.50. The van der Waals surface area contributed by atoms with Crippen molar-refractivity contribution in [1.82, 2.24) is 0 Å². The number of hydrogen-bond acceptors (Lipinski definition) is 1. The third-order valence-corrected chi connectivity index (χ3v) is 11.1. The highest BCUT2D eigenvalue weighted by Crippen LogP contribution is 2.50. The molecule has 1 nitrogen and oxygen atoms in total. The molecule has 11 aromatic carbocycles. The van der Waals surface area contributed by atoms with Gasteiger partial charge in [0.25, 0.3) is 0 Å². The van der Waals surface area contributed by atoms with Crippen molar-refractivity contribution < 1.29 is 0 Å². The number of anilines is 3. The predicted octanol–water partition coefficient (Wildman–Crippen LogP) is 14.8. The van der Waals surface area contributed by atoms with E-state index < -0.39 is 0 Å². The Balaban J connectivity index is 1.33. The molecule has 246 valence electrons. The average molecular weight is 672 g/mol. The molecule has 0 heterocycles. The van der Waals surface area contributed by atoms with Gasteiger partial charge in [0.15, 0.2) is 0 Å². The molecule has 0 aliphatic rings. The lowest BCUT2D eigenvalue weighted by atomic mass is 9.82. The van der Waals surface area contributed by atoms with Crippen LogP contribution in [0.2, 0.25) is 0 Å². The van der Waals surface area contributed by atoms with Gasteiger partial charge in [-0.3, -0.25) is 0 Å². The summed E-state index contributed by atoms with van der Waals surface area (Å²) in [5.74, 6) is 0. The number of hydrogen-bond donors (Lipinski definition) is 0. The largest absolute Gasteiger partial charge is 0.310 e. The number of benzene rings is 11. The van der Waals surface area contributed by atoms with Crippen LogP contribution in [0.15, 0.2) is 200 Å². The van der Waals surface area contributed by atoms with Crippen LogP contribution in [0.1, 0.15) is 0 Å². The Morgan fingerprint density at radius 2 is 0.679 bits per heavy atom. The van der Waals surface area contributed by atoms with Crippen LogP contribution in [0.25, 0.3) is 86.9 Å². The lowest BCUT2D eigenvalue weighted by Gasteiger charge is -2.28. The molecule has 0 spiro atoms. The Hall–Kier alpha value is -6.96. The molecule has 0 bridgehead atoms. The molecule has 0 atom stereocenters. The molecule has 0 fully saturated rings. The first-order valence-corrected chi connectivity index (χ1v) is 18.4. The van der Waals surface area contributed by atoms with Crippen molar-refractivity contribution in [3.8, 4) is 22.3 Å². The summed E-state index contributed by atoms with van der Waals surface area (Å²) >= 11 is 0. The number of nitrogens with zero attached hydrogens (tertiary/aromatic N) is 1. The fourth-order valence-electron chi connectivity index (χ4n) is 8.94. The van der Waals surface area contributed by atoms with Crippen molar-refractivity contribution in [3.05, 3.63) is 200 Å². The summed E-state index contributed by atoms with van der Waals surface area (Å²) < 4.78 is 0. The predicted molar refractivity (Wildman–Crippen MR) is 228 cm³/mol. The Labute approximate surface area is 307 Å². The first kappa shape index (κ1) is 29.7. The van der Waals surface area contributed by atoms with Gasteiger partial charge in [-0.2, -0.15) is 0 Å². The molecule has 11 rings (SSSR count). The van der Waals surface area contributed by atoms with Gasteiger partial charge in [-0.05, 0) is 119 Å². The zero-order valence-corrected chi connectivity index (χ0v) is 29.0. The summed E-state index contributed by atoms with van der Waals surface area (Å²) in [7, 11) is 0. The van der Waals surface area contributed by atoms with Crippen molar-refractivity contribution in [2.75, 3.05) is 4.90 Å². The first-order chi connectivity index (χ1) is 26.3. The minimum atomic E-state index is 1.14. The van der Waals surface area contributed by atoms with Crippen molar-refractivity contribution in [2.45, 2.75) is 0 Å².